The van der Waals surface area contributed by atoms with Crippen molar-refractivity contribution in [1.82, 2.24) is 15.5 Å². The van der Waals surface area contributed by atoms with E-state index in [-0.39, 0.29) is 29.6 Å². The van der Waals surface area contributed by atoms with Gasteiger partial charge in [-0.05, 0) is 50.6 Å². The molecule has 1 fully saturated rings. The second kappa shape index (κ2) is 10.3. The summed E-state index contributed by atoms with van der Waals surface area (Å²) in [6.07, 6.45) is 6.33. The Morgan fingerprint density at radius 2 is 1.89 bits per heavy atom. The normalized spacial score (nSPS) is 21.6. The number of hydrogen-bond acceptors (Lipinski definition) is 4. The molecule has 8 heteroatoms. The van der Waals surface area contributed by atoms with E-state index in [9.17, 15) is 9.59 Å². The second-order valence-corrected chi connectivity index (χ2v) is 8.06. The molecule has 0 bridgehead atoms. The number of benzene rings is 1. The highest BCUT2D eigenvalue weighted by Gasteiger charge is 2.40. The minimum Gasteiger partial charge on any atom is -0.489 e. The molecule has 2 heterocycles. The van der Waals surface area contributed by atoms with Crippen LogP contribution in [0, 0.1) is 5.41 Å². The van der Waals surface area contributed by atoms with Crippen molar-refractivity contribution >= 4 is 40.2 Å². The zero-order valence-electron chi connectivity index (χ0n) is 16.0. The molecule has 2 amide bonds. The fraction of sp³-hybridized carbons (Fsp3) is 0.500. The predicted molar refractivity (Wildman–Crippen MR) is 115 cm³/mol. The van der Waals surface area contributed by atoms with Gasteiger partial charge >= 0.3 is 0 Å². The molecule has 0 aromatic heterocycles. The third-order valence-electron chi connectivity index (χ3n) is 5.29. The summed E-state index contributed by atoms with van der Waals surface area (Å²) >= 11 is 3.42. The first-order valence-corrected chi connectivity index (χ1v) is 10.1. The molecule has 6 nitrogen and oxygen atoms in total. The van der Waals surface area contributed by atoms with Crippen LogP contribution in [0.4, 0.5) is 0 Å². The molecular formula is C20H27BrClN3O3. The fourth-order valence-corrected chi connectivity index (χ4v) is 4.01. The number of nitrogens with zero attached hydrogens (tertiary/aromatic N) is 1. The molecule has 0 unspecified atom stereocenters. The van der Waals surface area contributed by atoms with Crippen LogP contribution < -0.4 is 15.4 Å². The number of fused-ring (bicyclic) bond motifs is 1. The van der Waals surface area contributed by atoms with Gasteiger partial charge in [-0.1, -0.05) is 28.1 Å². The van der Waals surface area contributed by atoms with Gasteiger partial charge in [0, 0.05) is 24.6 Å². The summed E-state index contributed by atoms with van der Waals surface area (Å²) in [5, 5.41) is 6.23. The third-order valence-corrected chi connectivity index (χ3v) is 5.79. The Labute approximate surface area is 180 Å². The molecule has 1 aromatic rings. The lowest BCUT2D eigenvalue weighted by atomic mass is 9.75. The van der Waals surface area contributed by atoms with Crippen LogP contribution in [0.15, 0.2) is 34.8 Å². The lowest BCUT2D eigenvalue weighted by molar-refractivity contribution is -0.142. The van der Waals surface area contributed by atoms with Crippen LogP contribution >= 0.6 is 28.3 Å². The number of halogens is 2. The number of piperidine rings is 1. The Balaban J connectivity index is 0.00000280. The maximum absolute atomic E-state index is 13.1. The maximum atomic E-state index is 13.1. The first kappa shape index (κ1) is 22.7. The van der Waals surface area contributed by atoms with E-state index in [1.165, 1.54) is 0 Å². The van der Waals surface area contributed by atoms with Crippen molar-refractivity contribution in [2.24, 2.45) is 5.41 Å². The lowest BCUT2D eigenvalue weighted by Crippen LogP contribution is -2.49. The maximum Gasteiger partial charge on any atom is 0.255 e. The van der Waals surface area contributed by atoms with E-state index in [1.54, 1.807) is 17.0 Å². The first-order chi connectivity index (χ1) is 13.0. The van der Waals surface area contributed by atoms with Gasteiger partial charge in [-0.15, -0.1) is 12.4 Å². The van der Waals surface area contributed by atoms with Gasteiger partial charge in [-0.25, -0.2) is 0 Å². The number of hydrogen-bond donors (Lipinski definition) is 2. The second-order valence-electron chi connectivity index (χ2n) is 7.14. The van der Waals surface area contributed by atoms with Gasteiger partial charge < -0.3 is 20.3 Å². The summed E-state index contributed by atoms with van der Waals surface area (Å²) < 4.78 is 6.68. The van der Waals surface area contributed by atoms with Crippen molar-refractivity contribution < 1.29 is 14.3 Å². The number of carbonyl (C=O) groups excluding carboxylic acids is 2. The monoisotopic (exact) mass is 471 g/mol. The molecule has 0 radical (unpaired) electrons. The van der Waals surface area contributed by atoms with Crippen molar-refractivity contribution in [1.29, 1.82) is 0 Å². The fourth-order valence-electron chi connectivity index (χ4n) is 3.67. The van der Waals surface area contributed by atoms with Gasteiger partial charge in [-0.2, -0.15) is 0 Å². The number of likely N-dealkylation sites (N-methyl/N-ethyl adjacent to an activating group) is 1. The van der Waals surface area contributed by atoms with E-state index in [1.807, 2.05) is 25.3 Å². The molecule has 154 valence electrons. The van der Waals surface area contributed by atoms with E-state index in [0.717, 1.165) is 30.4 Å². The number of carbonyl (C=O) groups is 2. The smallest absolute Gasteiger partial charge is 0.255 e. The summed E-state index contributed by atoms with van der Waals surface area (Å²) in [6, 6.07) is 5.36. The quantitative estimate of drug-likeness (QED) is 0.570. The van der Waals surface area contributed by atoms with Gasteiger partial charge in [0.1, 0.15) is 12.4 Å². The topological polar surface area (TPSA) is 70.7 Å². The van der Waals surface area contributed by atoms with Crippen molar-refractivity contribution in [3.8, 4) is 5.75 Å². The van der Waals surface area contributed by atoms with Crippen molar-refractivity contribution in [3.63, 3.8) is 0 Å². The molecule has 0 aliphatic carbocycles. The highest BCUT2D eigenvalue weighted by Crippen LogP contribution is 2.35. The van der Waals surface area contributed by atoms with E-state index >= 15 is 0 Å². The number of nitrogens with one attached hydrogen (secondary N) is 2. The summed E-state index contributed by atoms with van der Waals surface area (Å²) in [4.78, 5) is 27.4. The van der Waals surface area contributed by atoms with Crippen LogP contribution in [0.1, 0.15) is 29.6 Å². The molecule has 2 aliphatic rings. The van der Waals surface area contributed by atoms with Crippen LogP contribution in [0.3, 0.4) is 0 Å². The van der Waals surface area contributed by atoms with Gasteiger partial charge in [0.15, 0.2) is 0 Å². The van der Waals surface area contributed by atoms with Crippen LogP contribution in [0.25, 0.3) is 0 Å². The Kier molecular flexibility index (Phi) is 8.34. The molecule has 1 saturated heterocycles. The summed E-state index contributed by atoms with van der Waals surface area (Å²) in [7, 11) is 1.82. The Morgan fingerprint density at radius 3 is 2.64 bits per heavy atom. The first-order valence-electron chi connectivity index (χ1n) is 9.34. The summed E-state index contributed by atoms with van der Waals surface area (Å²) in [5.41, 5.74) is 0.124. The van der Waals surface area contributed by atoms with Gasteiger partial charge in [-0.3, -0.25) is 9.59 Å². The Bertz CT molecular complexity index is 735. The largest absolute Gasteiger partial charge is 0.489 e. The molecule has 1 spiro atoms. The minimum absolute atomic E-state index is 0. The van der Waals surface area contributed by atoms with Crippen LogP contribution in [-0.2, 0) is 4.79 Å². The molecule has 28 heavy (non-hydrogen) atoms. The average Bonchev–Trinajstić information content (AvgIpc) is 2.67. The summed E-state index contributed by atoms with van der Waals surface area (Å²) in [5.74, 6) is 0.505. The van der Waals surface area contributed by atoms with Gasteiger partial charge in [0.05, 0.1) is 11.0 Å². The zero-order valence-corrected chi connectivity index (χ0v) is 18.4. The van der Waals surface area contributed by atoms with E-state index < -0.39 is 0 Å². The van der Waals surface area contributed by atoms with Crippen LogP contribution in [-0.4, -0.2) is 56.5 Å². The van der Waals surface area contributed by atoms with Gasteiger partial charge in [0.25, 0.3) is 5.91 Å². The van der Waals surface area contributed by atoms with Crippen molar-refractivity contribution in [2.45, 2.75) is 19.3 Å². The van der Waals surface area contributed by atoms with Crippen LogP contribution in [0.2, 0.25) is 0 Å². The summed E-state index contributed by atoms with van der Waals surface area (Å²) in [6.45, 7) is 2.94. The van der Waals surface area contributed by atoms with E-state index in [2.05, 4.69) is 26.6 Å². The SMILES string of the molecule is CN1CCNC(=O)c2ccc(Br)cc2OC/C=C\CC2(CCNCC2)C1=O.Cl. The number of rotatable bonds is 0. The minimum atomic E-state index is -0.369. The lowest BCUT2D eigenvalue weighted by Gasteiger charge is -2.38. The third kappa shape index (κ3) is 5.27. The molecular weight excluding hydrogens is 446 g/mol. The molecule has 1 aromatic carbocycles. The van der Waals surface area contributed by atoms with Crippen LogP contribution in [0.5, 0.6) is 5.75 Å². The Hall–Kier alpha value is -1.57. The number of amides is 2. The number of allylic oxidation sites excluding steroid dienone is 1. The number of ether oxygens (including phenoxy) is 1. The average molecular weight is 473 g/mol. The Morgan fingerprint density at radius 1 is 1.14 bits per heavy atom. The van der Waals surface area contributed by atoms with Crippen molar-refractivity contribution in [2.75, 3.05) is 39.8 Å². The molecule has 2 aliphatic heterocycles. The highest BCUT2D eigenvalue weighted by atomic mass is 79.9. The molecule has 0 saturated carbocycles. The van der Waals surface area contributed by atoms with Gasteiger partial charge in [0.2, 0.25) is 5.91 Å². The molecule has 3 rings (SSSR count). The van der Waals surface area contributed by atoms with Crippen molar-refractivity contribution in [3.05, 3.63) is 40.4 Å². The van der Waals surface area contributed by atoms with E-state index in [4.69, 9.17) is 4.74 Å². The molecule has 0 atom stereocenters. The predicted octanol–water partition coefficient (Wildman–Crippen LogP) is 2.77. The molecule has 2 N–H and O–H groups in total. The standard InChI is InChI=1S/C20H26BrN3O3.ClH/c1-24-12-11-23-18(25)16-5-4-15(21)14-17(16)27-13-3-2-6-20(19(24)26)7-9-22-10-8-20;/h2-5,14,22H,6-13H2,1H3,(H,23,25);1H/b3-2-;. The zero-order chi connectivity index (χ0) is 19.3. The van der Waals surface area contributed by atoms with E-state index in [0.29, 0.717) is 37.4 Å². The highest BCUT2D eigenvalue weighted by molar-refractivity contribution is 9.10.